The standard InChI is InChI=1S/C15H17NO4/c1-16(12-4-2-3-5-12)14(17)10-20-13-8-6-11(7-9-13)15(18)19/h4,6-9H,2-3,5,10H2,1H3,(H,18,19). The van der Waals surface area contributed by atoms with Gasteiger partial charge in [-0.15, -0.1) is 0 Å². The van der Waals surface area contributed by atoms with E-state index in [0.717, 1.165) is 25.0 Å². The van der Waals surface area contributed by atoms with Crippen molar-refractivity contribution in [3.63, 3.8) is 0 Å². The van der Waals surface area contributed by atoms with Gasteiger partial charge in [0.2, 0.25) is 0 Å². The number of carbonyl (C=O) groups excluding carboxylic acids is 1. The topological polar surface area (TPSA) is 66.8 Å². The average Bonchev–Trinajstić information content (AvgIpc) is 2.98. The van der Waals surface area contributed by atoms with Crippen molar-refractivity contribution in [3.05, 3.63) is 41.6 Å². The van der Waals surface area contributed by atoms with Gasteiger partial charge in [-0.05, 0) is 43.5 Å². The second kappa shape index (κ2) is 6.23. The van der Waals surface area contributed by atoms with Crippen molar-refractivity contribution in [2.45, 2.75) is 19.3 Å². The molecule has 20 heavy (non-hydrogen) atoms. The molecule has 0 aromatic heterocycles. The van der Waals surface area contributed by atoms with Crippen LogP contribution in [0.15, 0.2) is 36.0 Å². The van der Waals surface area contributed by atoms with E-state index in [0.29, 0.717) is 5.75 Å². The van der Waals surface area contributed by atoms with Crippen molar-refractivity contribution >= 4 is 11.9 Å². The van der Waals surface area contributed by atoms with Crippen LogP contribution in [-0.2, 0) is 4.79 Å². The molecule has 0 heterocycles. The highest BCUT2D eigenvalue weighted by Gasteiger charge is 2.16. The van der Waals surface area contributed by atoms with Gasteiger partial charge in [-0.25, -0.2) is 4.79 Å². The molecule has 1 amide bonds. The minimum atomic E-state index is -0.986. The van der Waals surface area contributed by atoms with E-state index in [1.54, 1.807) is 24.1 Å². The number of ether oxygens (including phenoxy) is 1. The first-order chi connectivity index (χ1) is 9.58. The second-order valence-corrected chi connectivity index (χ2v) is 4.66. The highest BCUT2D eigenvalue weighted by Crippen LogP contribution is 2.20. The van der Waals surface area contributed by atoms with Crippen LogP contribution in [0.3, 0.4) is 0 Å². The van der Waals surface area contributed by atoms with E-state index in [9.17, 15) is 9.59 Å². The Balaban J connectivity index is 1.88. The maximum Gasteiger partial charge on any atom is 0.335 e. The van der Waals surface area contributed by atoms with Gasteiger partial charge in [-0.1, -0.05) is 6.08 Å². The van der Waals surface area contributed by atoms with E-state index >= 15 is 0 Å². The number of hydrogen-bond acceptors (Lipinski definition) is 3. The van der Waals surface area contributed by atoms with E-state index < -0.39 is 5.97 Å². The number of rotatable bonds is 5. The molecular weight excluding hydrogens is 258 g/mol. The molecule has 0 radical (unpaired) electrons. The van der Waals surface area contributed by atoms with Crippen LogP contribution in [-0.4, -0.2) is 35.5 Å². The summed E-state index contributed by atoms with van der Waals surface area (Å²) >= 11 is 0. The van der Waals surface area contributed by atoms with Crippen molar-refractivity contribution in [3.8, 4) is 5.75 Å². The first-order valence-electron chi connectivity index (χ1n) is 6.49. The Morgan fingerprint density at radius 3 is 2.55 bits per heavy atom. The van der Waals surface area contributed by atoms with Crippen LogP contribution in [0, 0.1) is 0 Å². The molecule has 0 bridgehead atoms. The molecule has 106 valence electrons. The third-order valence-corrected chi connectivity index (χ3v) is 3.29. The van der Waals surface area contributed by atoms with Crippen molar-refractivity contribution in [1.29, 1.82) is 0 Å². The van der Waals surface area contributed by atoms with E-state index in [-0.39, 0.29) is 18.1 Å². The molecule has 0 atom stereocenters. The van der Waals surface area contributed by atoms with Gasteiger partial charge in [0.25, 0.3) is 5.91 Å². The molecule has 0 unspecified atom stereocenters. The Morgan fingerprint density at radius 1 is 1.30 bits per heavy atom. The number of likely N-dealkylation sites (N-methyl/N-ethyl adjacent to an activating group) is 1. The number of aromatic carboxylic acids is 1. The van der Waals surface area contributed by atoms with Gasteiger partial charge >= 0.3 is 5.97 Å². The minimum Gasteiger partial charge on any atom is -0.484 e. The van der Waals surface area contributed by atoms with E-state index in [1.165, 1.54) is 12.1 Å². The summed E-state index contributed by atoms with van der Waals surface area (Å²) in [5, 5.41) is 8.78. The zero-order valence-electron chi connectivity index (χ0n) is 11.3. The van der Waals surface area contributed by atoms with Gasteiger partial charge in [0.15, 0.2) is 6.61 Å². The normalized spacial score (nSPS) is 13.8. The SMILES string of the molecule is CN(C(=O)COc1ccc(C(=O)O)cc1)C1=CCCC1. The zero-order valence-corrected chi connectivity index (χ0v) is 11.3. The van der Waals surface area contributed by atoms with Crippen LogP contribution in [0.4, 0.5) is 0 Å². The summed E-state index contributed by atoms with van der Waals surface area (Å²) in [5.41, 5.74) is 1.23. The Bertz CT molecular complexity index is 533. The zero-order chi connectivity index (χ0) is 14.5. The fourth-order valence-electron chi connectivity index (χ4n) is 2.05. The number of carboxylic acid groups (broad SMARTS) is 1. The lowest BCUT2D eigenvalue weighted by Gasteiger charge is -2.18. The number of allylic oxidation sites excluding steroid dienone is 2. The lowest BCUT2D eigenvalue weighted by atomic mass is 10.2. The number of hydrogen-bond donors (Lipinski definition) is 1. The van der Waals surface area contributed by atoms with E-state index in [1.807, 2.05) is 0 Å². The molecule has 5 nitrogen and oxygen atoms in total. The third kappa shape index (κ3) is 3.38. The number of carbonyl (C=O) groups is 2. The smallest absolute Gasteiger partial charge is 0.335 e. The van der Waals surface area contributed by atoms with Crippen molar-refractivity contribution in [1.82, 2.24) is 4.90 Å². The molecule has 1 aromatic carbocycles. The minimum absolute atomic E-state index is 0.0553. The molecular formula is C15H17NO4. The summed E-state index contributed by atoms with van der Waals surface area (Å²) in [4.78, 5) is 24.3. The fourth-order valence-corrected chi connectivity index (χ4v) is 2.05. The molecule has 0 spiro atoms. The van der Waals surface area contributed by atoms with E-state index in [2.05, 4.69) is 6.08 Å². The summed E-state index contributed by atoms with van der Waals surface area (Å²) in [6.45, 7) is -0.0553. The fraction of sp³-hybridized carbons (Fsp3) is 0.333. The van der Waals surface area contributed by atoms with Crippen LogP contribution < -0.4 is 4.74 Å². The van der Waals surface area contributed by atoms with Gasteiger partial charge < -0.3 is 14.7 Å². The largest absolute Gasteiger partial charge is 0.484 e. The summed E-state index contributed by atoms with van der Waals surface area (Å²) in [6, 6.07) is 5.99. The van der Waals surface area contributed by atoms with Crippen LogP contribution in [0.1, 0.15) is 29.6 Å². The number of benzene rings is 1. The van der Waals surface area contributed by atoms with Crippen molar-refractivity contribution in [2.24, 2.45) is 0 Å². The monoisotopic (exact) mass is 275 g/mol. The number of amides is 1. The van der Waals surface area contributed by atoms with Crippen LogP contribution >= 0.6 is 0 Å². The van der Waals surface area contributed by atoms with Crippen molar-refractivity contribution < 1.29 is 19.4 Å². The first kappa shape index (κ1) is 14.1. The molecule has 0 saturated carbocycles. The molecule has 5 heteroatoms. The number of nitrogens with zero attached hydrogens (tertiary/aromatic N) is 1. The van der Waals surface area contributed by atoms with Gasteiger partial charge in [-0.2, -0.15) is 0 Å². The second-order valence-electron chi connectivity index (χ2n) is 4.66. The lowest BCUT2D eigenvalue weighted by Crippen LogP contribution is -2.30. The molecule has 1 N–H and O–H groups in total. The summed E-state index contributed by atoms with van der Waals surface area (Å²) in [5.74, 6) is -0.613. The molecule has 2 rings (SSSR count). The summed E-state index contributed by atoms with van der Waals surface area (Å²) < 4.78 is 5.37. The maximum absolute atomic E-state index is 11.9. The van der Waals surface area contributed by atoms with Gasteiger partial charge in [-0.3, -0.25) is 4.79 Å². The summed E-state index contributed by atoms with van der Waals surface area (Å²) in [6.07, 6.45) is 5.10. The Hall–Kier alpha value is -2.30. The molecule has 1 aromatic rings. The Labute approximate surface area is 117 Å². The Morgan fingerprint density at radius 2 is 2.00 bits per heavy atom. The van der Waals surface area contributed by atoms with Crippen LogP contribution in [0.25, 0.3) is 0 Å². The third-order valence-electron chi connectivity index (χ3n) is 3.29. The van der Waals surface area contributed by atoms with Crippen molar-refractivity contribution in [2.75, 3.05) is 13.7 Å². The Kier molecular flexibility index (Phi) is 4.40. The van der Waals surface area contributed by atoms with Crippen LogP contribution in [0.2, 0.25) is 0 Å². The van der Waals surface area contributed by atoms with Gasteiger partial charge in [0, 0.05) is 12.7 Å². The maximum atomic E-state index is 11.9. The van der Waals surface area contributed by atoms with Crippen LogP contribution in [0.5, 0.6) is 5.75 Å². The average molecular weight is 275 g/mol. The molecule has 1 aliphatic rings. The highest BCUT2D eigenvalue weighted by atomic mass is 16.5. The summed E-state index contributed by atoms with van der Waals surface area (Å²) in [7, 11) is 1.75. The lowest BCUT2D eigenvalue weighted by molar-refractivity contribution is -0.130. The molecule has 0 aliphatic heterocycles. The highest BCUT2D eigenvalue weighted by molar-refractivity contribution is 5.87. The first-order valence-corrected chi connectivity index (χ1v) is 6.49. The quantitative estimate of drug-likeness (QED) is 0.895. The van der Waals surface area contributed by atoms with Gasteiger partial charge in [0.05, 0.1) is 5.56 Å². The number of carboxylic acids is 1. The van der Waals surface area contributed by atoms with Gasteiger partial charge in [0.1, 0.15) is 5.75 Å². The van der Waals surface area contributed by atoms with E-state index in [4.69, 9.17) is 9.84 Å². The molecule has 1 aliphatic carbocycles. The molecule has 0 fully saturated rings. The predicted octanol–water partition coefficient (Wildman–Crippen LogP) is 2.29. The predicted molar refractivity (Wildman–Crippen MR) is 73.6 cm³/mol. The molecule has 0 saturated heterocycles.